The molecule has 2 aromatic rings. The Balaban J connectivity index is -0.000000476. The molecule has 0 saturated carbocycles. The van der Waals surface area contributed by atoms with Crippen molar-refractivity contribution in [3.63, 3.8) is 0 Å². The first-order chi connectivity index (χ1) is 13.3. The van der Waals surface area contributed by atoms with Crippen LogP contribution in [0.4, 0.5) is 0 Å². The maximum absolute atomic E-state index is 2.27. The van der Waals surface area contributed by atoms with Gasteiger partial charge in [0, 0.05) is 63.3 Å². The molecule has 4 heteroatoms. The van der Waals surface area contributed by atoms with Crippen molar-refractivity contribution in [2.75, 3.05) is 11.5 Å². The van der Waals surface area contributed by atoms with Gasteiger partial charge in [-0.2, -0.15) is 0 Å². The maximum atomic E-state index is 2.27. The third-order valence-electron chi connectivity index (χ3n) is 5.52. The van der Waals surface area contributed by atoms with Gasteiger partial charge in [0.05, 0.1) is 0 Å². The monoisotopic (exact) mass is 814 g/mol. The van der Waals surface area contributed by atoms with Crippen molar-refractivity contribution in [2.24, 2.45) is 0 Å². The SMILES string of the molecule is C.CCCCSc1c(C)c(C)c(C)c(C)c1C.CCCCSc1ccccc1C.[Hf].[Hg]. The predicted molar refractivity (Wildman–Crippen MR) is 139 cm³/mol. The summed E-state index contributed by atoms with van der Waals surface area (Å²) in [4.78, 5) is 2.96. The first-order valence-corrected chi connectivity index (χ1v) is 12.7. The van der Waals surface area contributed by atoms with Crippen LogP contribution < -0.4 is 0 Å². The van der Waals surface area contributed by atoms with E-state index in [-0.39, 0.29) is 60.9 Å². The van der Waals surface area contributed by atoms with Gasteiger partial charge in [-0.05, 0) is 105 Å². The van der Waals surface area contributed by atoms with E-state index in [9.17, 15) is 0 Å². The first kappa shape index (κ1) is 36.5. The van der Waals surface area contributed by atoms with Gasteiger partial charge in [0.15, 0.2) is 0 Å². The van der Waals surface area contributed by atoms with E-state index < -0.39 is 0 Å². The van der Waals surface area contributed by atoms with Gasteiger partial charge in [0.2, 0.25) is 0 Å². The molecule has 31 heavy (non-hydrogen) atoms. The minimum absolute atomic E-state index is 0. The zero-order valence-corrected chi connectivity index (χ0v) is 31.3. The van der Waals surface area contributed by atoms with Crippen molar-refractivity contribution in [3.8, 4) is 0 Å². The third kappa shape index (κ3) is 12.3. The average Bonchev–Trinajstić information content (AvgIpc) is 2.70. The molecule has 0 heterocycles. The topological polar surface area (TPSA) is 0 Å². The van der Waals surface area contributed by atoms with Crippen LogP contribution >= 0.6 is 23.5 Å². The summed E-state index contributed by atoms with van der Waals surface area (Å²) >= 11 is 4.01. The van der Waals surface area contributed by atoms with Crippen LogP contribution in [0.5, 0.6) is 0 Å². The van der Waals surface area contributed by atoms with E-state index in [0.717, 1.165) is 0 Å². The van der Waals surface area contributed by atoms with Crippen LogP contribution in [0.15, 0.2) is 34.1 Å². The minimum atomic E-state index is 0. The van der Waals surface area contributed by atoms with Crippen molar-refractivity contribution in [1.82, 2.24) is 0 Å². The molecule has 0 aliphatic rings. The van der Waals surface area contributed by atoms with E-state index in [1.54, 1.807) is 0 Å². The Morgan fingerprint density at radius 2 is 1.06 bits per heavy atom. The van der Waals surface area contributed by atoms with Crippen LogP contribution in [-0.2, 0) is 53.5 Å². The molecule has 2 rings (SSSR count). The maximum Gasteiger partial charge on any atom is 0.0136 e. The molecule has 0 amide bonds. The Morgan fingerprint density at radius 3 is 1.52 bits per heavy atom. The van der Waals surface area contributed by atoms with Crippen LogP contribution in [-0.4, -0.2) is 11.5 Å². The fraction of sp³-hybridized carbons (Fsp3) is 0.556. The van der Waals surface area contributed by atoms with Gasteiger partial charge >= 0.3 is 0 Å². The number of thioether (sulfide) groups is 2. The van der Waals surface area contributed by atoms with E-state index in [1.807, 2.05) is 23.5 Å². The molecular formula is C27H44HfHgS2. The molecule has 0 aliphatic carbocycles. The van der Waals surface area contributed by atoms with Crippen LogP contribution in [0, 0.1) is 41.5 Å². The molecule has 0 nitrogen and oxygen atoms in total. The van der Waals surface area contributed by atoms with Crippen molar-refractivity contribution >= 4 is 23.5 Å². The van der Waals surface area contributed by atoms with Gasteiger partial charge in [-0.3, -0.25) is 0 Å². The number of benzene rings is 2. The summed E-state index contributed by atoms with van der Waals surface area (Å²) in [5.41, 5.74) is 8.79. The number of hydrogen-bond acceptors (Lipinski definition) is 2. The van der Waals surface area contributed by atoms with Gasteiger partial charge in [-0.15, -0.1) is 23.5 Å². The standard InChI is InChI=1S/C15H24S.C11H16S.CH4.Hf.Hg/c1-7-8-9-16-15-13(5)11(3)10(2)12(4)14(15)6;1-3-4-9-12-11-8-6-5-7-10(11)2;;;/h7-9H2,1-6H3;5-8H,3-4,9H2,1-2H3;1H4;;. The summed E-state index contributed by atoms with van der Waals surface area (Å²) in [5, 5.41) is 0. The van der Waals surface area contributed by atoms with Crippen molar-refractivity contribution < 1.29 is 53.5 Å². The Hall–Kier alpha value is 0.945. The fourth-order valence-corrected chi connectivity index (χ4v) is 5.55. The molecular weight excluding hydrogens is 768 g/mol. The molecule has 2 aromatic carbocycles. The van der Waals surface area contributed by atoms with Crippen molar-refractivity contribution in [3.05, 3.63) is 57.6 Å². The van der Waals surface area contributed by atoms with Crippen LogP contribution in [0.25, 0.3) is 0 Å². The molecule has 0 spiro atoms. The van der Waals surface area contributed by atoms with E-state index in [0.29, 0.717) is 0 Å². The molecule has 0 aliphatic heterocycles. The number of unbranched alkanes of at least 4 members (excludes halogenated alkanes) is 2. The predicted octanol–water partition coefficient (Wildman–Crippen LogP) is 9.64. The van der Waals surface area contributed by atoms with Gasteiger partial charge in [-0.1, -0.05) is 52.3 Å². The summed E-state index contributed by atoms with van der Waals surface area (Å²) in [6.07, 6.45) is 5.21. The molecule has 0 fully saturated rings. The van der Waals surface area contributed by atoms with Crippen LogP contribution in [0.3, 0.4) is 0 Å². The smallest absolute Gasteiger partial charge is 0.0136 e. The first-order valence-electron chi connectivity index (χ1n) is 10.7. The zero-order valence-electron chi connectivity index (χ0n) is 20.6. The summed E-state index contributed by atoms with van der Waals surface area (Å²) in [6.45, 7) is 17.9. The largest absolute Gasteiger partial charge is 0.126 e. The molecule has 0 radical (unpaired) electrons. The molecule has 0 aromatic heterocycles. The second kappa shape index (κ2) is 20.3. The Labute approximate surface area is 242 Å². The van der Waals surface area contributed by atoms with Gasteiger partial charge < -0.3 is 0 Å². The number of hydrogen-bond donors (Lipinski definition) is 0. The number of aryl methyl sites for hydroxylation is 1. The van der Waals surface area contributed by atoms with E-state index in [4.69, 9.17) is 0 Å². The Bertz CT molecular complexity index is 715. The average molecular weight is 812 g/mol. The normalized spacial score (nSPS) is 9.55. The van der Waals surface area contributed by atoms with Crippen LogP contribution in [0.2, 0.25) is 0 Å². The molecule has 0 atom stereocenters. The van der Waals surface area contributed by atoms with Gasteiger partial charge in [0.25, 0.3) is 0 Å². The summed E-state index contributed by atoms with van der Waals surface area (Å²) < 4.78 is 0. The Morgan fingerprint density at radius 1 is 0.645 bits per heavy atom. The summed E-state index contributed by atoms with van der Waals surface area (Å²) in [5.74, 6) is 2.50. The van der Waals surface area contributed by atoms with E-state index in [2.05, 4.69) is 79.7 Å². The summed E-state index contributed by atoms with van der Waals surface area (Å²) in [7, 11) is 0. The van der Waals surface area contributed by atoms with Crippen molar-refractivity contribution in [1.29, 1.82) is 0 Å². The molecule has 0 N–H and O–H groups in total. The molecule has 170 valence electrons. The zero-order chi connectivity index (χ0) is 21.1. The molecule has 0 bridgehead atoms. The van der Waals surface area contributed by atoms with Gasteiger partial charge in [0.1, 0.15) is 0 Å². The van der Waals surface area contributed by atoms with Crippen molar-refractivity contribution in [2.45, 2.75) is 98.3 Å². The third-order valence-corrected chi connectivity index (χ3v) is 8.18. The molecule has 0 unspecified atom stereocenters. The second-order valence-corrected chi connectivity index (χ2v) is 9.87. The quantitative estimate of drug-likeness (QED) is 0.148. The molecule has 0 saturated heterocycles. The Kier molecular flexibility index (Phi) is 23.9. The number of rotatable bonds is 8. The van der Waals surface area contributed by atoms with Gasteiger partial charge in [-0.25, -0.2) is 0 Å². The fourth-order valence-electron chi connectivity index (χ4n) is 3.05. The second-order valence-electron chi connectivity index (χ2n) is 7.62. The van der Waals surface area contributed by atoms with Crippen LogP contribution in [0.1, 0.15) is 80.3 Å². The summed E-state index contributed by atoms with van der Waals surface area (Å²) in [6, 6.07) is 8.59. The minimum Gasteiger partial charge on any atom is -0.126 e. The van der Waals surface area contributed by atoms with E-state index in [1.165, 1.54) is 80.4 Å². The van der Waals surface area contributed by atoms with E-state index >= 15 is 0 Å².